The third-order valence-electron chi connectivity index (χ3n) is 4.26. The van der Waals surface area contributed by atoms with Crippen LogP contribution in [0.15, 0.2) is 30.3 Å². The zero-order chi connectivity index (χ0) is 15.1. The minimum absolute atomic E-state index is 0.0260. The van der Waals surface area contributed by atoms with E-state index in [2.05, 4.69) is 24.4 Å². The molecule has 1 aliphatic carbocycles. The van der Waals surface area contributed by atoms with Crippen LogP contribution in [0.1, 0.15) is 31.7 Å². The summed E-state index contributed by atoms with van der Waals surface area (Å²) in [6.45, 7) is 2.82. The molecule has 116 valence electrons. The van der Waals surface area contributed by atoms with Gasteiger partial charge in [0.2, 0.25) is 5.91 Å². The summed E-state index contributed by atoms with van der Waals surface area (Å²) in [5.41, 5.74) is 1.31. The average Bonchev–Trinajstić information content (AvgIpc) is 2.46. The highest BCUT2D eigenvalue weighted by molar-refractivity contribution is 7.98. The number of nitrogens with one attached hydrogen (secondary N) is 1. The van der Waals surface area contributed by atoms with E-state index in [1.54, 1.807) is 0 Å². The molecule has 0 spiro atoms. The normalized spacial score (nSPS) is 22.4. The van der Waals surface area contributed by atoms with Gasteiger partial charge in [-0.05, 0) is 30.2 Å². The molecule has 0 bridgehead atoms. The van der Waals surface area contributed by atoms with E-state index >= 15 is 0 Å². The van der Waals surface area contributed by atoms with Crippen LogP contribution in [0.25, 0.3) is 0 Å². The predicted octanol–water partition coefficient (Wildman–Crippen LogP) is 2.83. The molecule has 0 unspecified atom stereocenters. The Balaban J connectivity index is 1.53. The summed E-state index contributed by atoms with van der Waals surface area (Å²) in [5.74, 6) is 2.73. The zero-order valence-corrected chi connectivity index (χ0v) is 13.4. The van der Waals surface area contributed by atoms with E-state index in [4.69, 9.17) is 0 Å². The minimum Gasteiger partial charge on any atom is -0.392 e. The molecule has 3 atom stereocenters. The van der Waals surface area contributed by atoms with E-state index in [-0.39, 0.29) is 12.3 Å². The Morgan fingerprint density at radius 3 is 2.76 bits per heavy atom. The average molecular weight is 307 g/mol. The number of thioether (sulfide) groups is 1. The van der Waals surface area contributed by atoms with Gasteiger partial charge >= 0.3 is 0 Å². The molecule has 0 aliphatic heterocycles. The first kappa shape index (κ1) is 16.4. The Labute approximate surface area is 131 Å². The molecule has 21 heavy (non-hydrogen) atoms. The standard InChI is InChI=1S/C17H25NO2S/c1-13-7-8-15(13)16(19)11-17(20)18-9-10-21-12-14-5-3-2-4-6-14/h2-6,13,15-16,19H,7-12H2,1H3,(H,18,20)/t13-,15-,16-/m1/s1. The maximum atomic E-state index is 11.8. The van der Waals surface area contributed by atoms with E-state index in [0.717, 1.165) is 17.9 Å². The second-order valence-corrected chi connectivity index (χ2v) is 6.98. The summed E-state index contributed by atoms with van der Waals surface area (Å²) in [4.78, 5) is 11.8. The summed E-state index contributed by atoms with van der Waals surface area (Å²) >= 11 is 1.81. The van der Waals surface area contributed by atoms with Crippen molar-refractivity contribution in [1.82, 2.24) is 5.32 Å². The lowest BCUT2D eigenvalue weighted by atomic mass is 9.71. The van der Waals surface area contributed by atoms with E-state index in [1.807, 2.05) is 30.0 Å². The topological polar surface area (TPSA) is 49.3 Å². The van der Waals surface area contributed by atoms with E-state index in [0.29, 0.717) is 18.4 Å². The molecule has 0 saturated heterocycles. The number of hydrogen-bond donors (Lipinski definition) is 2. The second kappa shape index (κ2) is 8.44. The Morgan fingerprint density at radius 2 is 2.14 bits per heavy atom. The van der Waals surface area contributed by atoms with E-state index in [1.165, 1.54) is 12.0 Å². The number of amides is 1. The molecule has 1 aliphatic rings. The Morgan fingerprint density at radius 1 is 1.38 bits per heavy atom. The minimum atomic E-state index is -0.467. The predicted molar refractivity (Wildman–Crippen MR) is 88.1 cm³/mol. The van der Waals surface area contributed by atoms with Crippen molar-refractivity contribution in [2.24, 2.45) is 11.8 Å². The summed E-state index contributed by atoms with van der Waals surface area (Å²) in [5, 5.41) is 12.9. The van der Waals surface area contributed by atoms with Crippen molar-refractivity contribution in [3.05, 3.63) is 35.9 Å². The molecule has 0 radical (unpaired) electrons. The molecule has 3 nitrogen and oxygen atoms in total. The van der Waals surface area contributed by atoms with Crippen molar-refractivity contribution in [2.45, 2.75) is 38.0 Å². The van der Waals surface area contributed by atoms with Crippen LogP contribution in [0, 0.1) is 11.8 Å². The Kier molecular flexibility index (Phi) is 6.58. The van der Waals surface area contributed by atoms with Gasteiger partial charge in [0.05, 0.1) is 12.5 Å². The summed E-state index contributed by atoms with van der Waals surface area (Å²) < 4.78 is 0. The van der Waals surface area contributed by atoms with Gasteiger partial charge in [0.1, 0.15) is 0 Å². The molecule has 1 amide bonds. The fourth-order valence-electron chi connectivity index (χ4n) is 2.70. The molecule has 4 heteroatoms. The van der Waals surface area contributed by atoms with E-state index in [9.17, 15) is 9.90 Å². The van der Waals surface area contributed by atoms with Gasteiger partial charge in [-0.3, -0.25) is 4.79 Å². The lowest BCUT2D eigenvalue weighted by Crippen LogP contribution is -2.38. The maximum Gasteiger partial charge on any atom is 0.222 e. The monoisotopic (exact) mass is 307 g/mol. The van der Waals surface area contributed by atoms with Crippen LogP contribution in [0.4, 0.5) is 0 Å². The molecule has 1 aromatic rings. The van der Waals surface area contributed by atoms with Gasteiger partial charge in [0.15, 0.2) is 0 Å². The largest absolute Gasteiger partial charge is 0.392 e. The van der Waals surface area contributed by atoms with Gasteiger partial charge in [-0.25, -0.2) is 0 Å². The fraction of sp³-hybridized carbons (Fsp3) is 0.588. The van der Waals surface area contributed by atoms with Gasteiger partial charge in [-0.1, -0.05) is 37.3 Å². The van der Waals surface area contributed by atoms with Crippen LogP contribution in [0.2, 0.25) is 0 Å². The van der Waals surface area contributed by atoms with E-state index < -0.39 is 6.10 Å². The number of carbonyl (C=O) groups is 1. The number of aliphatic hydroxyl groups is 1. The number of aliphatic hydroxyl groups excluding tert-OH is 1. The molecule has 0 aromatic heterocycles. The zero-order valence-electron chi connectivity index (χ0n) is 12.6. The fourth-order valence-corrected chi connectivity index (χ4v) is 3.52. The number of hydrogen-bond acceptors (Lipinski definition) is 3. The third kappa shape index (κ3) is 5.36. The van der Waals surface area contributed by atoms with Gasteiger partial charge in [0.25, 0.3) is 0 Å². The SMILES string of the molecule is C[C@@H]1CC[C@H]1[C@H](O)CC(=O)NCCSCc1ccccc1. The number of rotatable bonds is 8. The molecule has 0 heterocycles. The molecular formula is C17H25NO2S. The molecule has 1 aromatic carbocycles. The summed E-state index contributed by atoms with van der Waals surface area (Å²) in [7, 11) is 0. The van der Waals surface area contributed by atoms with Crippen molar-refractivity contribution < 1.29 is 9.90 Å². The quantitative estimate of drug-likeness (QED) is 0.726. The molecule has 1 fully saturated rings. The van der Waals surface area contributed by atoms with Gasteiger partial charge in [-0.2, -0.15) is 11.8 Å². The van der Waals surface area contributed by atoms with Crippen LogP contribution in [0.5, 0.6) is 0 Å². The van der Waals surface area contributed by atoms with Gasteiger partial charge in [-0.15, -0.1) is 0 Å². The smallest absolute Gasteiger partial charge is 0.222 e. The van der Waals surface area contributed by atoms with Crippen molar-refractivity contribution in [3.8, 4) is 0 Å². The Hall–Kier alpha value is -1.00. The van der Waals surface area contributed by atoms with Gasteiger partial charge < -0.3 is 10.4 Å². The summed E-state index contributed by atoms with van der Waals surface area (Å²) in [6.07, 6.45) is 2.02. The lowest BCUT2D eigenvalue weighted by Gasteiger charge is -2.37. The van der Waals surface area contributed by atoms with Crippen molar-refractivity contribution in [3.63, 3.8) is 0 Å². The number of benzene rings is 1. The number of carbonyl (C=O) groups excluding carboxylic acids is 1. The van der Waals surface area contributed by atoms with Crippen LogP contribution in [0.3, 0.4) is 0 Å². The van der Waals surface area contributed by atoms with Crippen LogP contribution in [-0.2, 0) is 10.5 Å². The van der Waals surface area contributed by atoms with Crippen molar-refractivity contribution in [1.29, 1.82) is 0 Å². The first-order chi connectivity index (χ1) is 10.2. The van der Waals surface area contributed by atoms with Crippen LogP contribution in [-0.4, -0.2) is 29.4 Å². The highest BCUT2D eigenvalue weighted by atomic mass is 32.2. The second-order valence-electron chi connectivity index (χ2n) is 5.88. The van der Waals surface area contributed by atoms with Crippen molar-refractivity contribution in [2.75, 3.05) is 12.3 Å². The van der Waals surface area contributed by atoms with Crippen molar-refractivity contribution >= 4 is 17.7 Å². The van der Waals surface area contributed by atoms with Crippen LogP contribution >= 0.6 is 11.8 Å². The molecular weight excluding hydrogens is 282 g/mol. The third-order valence-corrected chi connectivity index (χ3v) is 5.29. The summed E-state index contributed by atoms with van der Waals surface area (Å²) in [6, 6.07) is 10.3. The Bertz CT molecular complexity index is 438. The molecule has 1 saturated carbocycles. The highest BCUT2D eigenvalue weighted by Crippen LogP contribution is 2.37. The maximum absolute atomic E-state index is 11.8. The highest BCUT2D eigenvalue weighted by Gasteiger charge is 2.33. The first-order valence-electron chi connectivity index (χ1n) is 7.73. The molecule has 2 N–H and O–H groups in total. The first-order valence-corrected chi connectivity index (χ1v) is 8.88. The lowest BCUT2D eigenvalue weighted by molar-refractivity contribution is -0.124. The van der Waals surface area contributed by atoms with Crippen LogP contribution < -0.4 is 5.32 Å². The molecule has 2 rings (SSSR count). The van der Waals surface area contributed by atoms with Gasteiger partial charge in [0, 0.05) is 18.1 Å².